The second-order valence-electron chi connectivity index (χ2n) is 35.4. The van der Waals surface area contributed by atoms with Crippen LogP contribution in [0, 0.1) is 62.1 Å². The van der Waals surface area contributed by atoms with Crippen LogP contribution in [0.3, 0.4) is 0 Å². The Morgan fingerprint density at radius 2 is 1.11 bits per heavy atom. The predicted molar refractivity (Wildman–Crippen MR) is 378 cm³/mol. The Bertz CT molecular complexity index is 3220. The van der Waals surface area contributed by atoms with Crippen molar-refractivity contribution in [2.45, 2.75) is 363 Å². The summed E-state index contributed by atoms with van der Waals surface area (Å²) in [4.78, 5) is 70.1. The lowest BCUT2D eigenvalue weighted by atomic mass is 9.33. The summed E-state index contributed by atoms with van der Waals surface area (Å²) in [7, 11) is 0. The Kier molecular flexibility index (Phi) is 28.3. The Morgan fingerprint density at radius 3 is 1.71 bits per heavy atom. The van der Waals surface area contributed by atoms with Gasteiger partial charge in [-0.15, -0.1) is 0 Å². The number of aliphatic hydroxyl groups is 16. The Labute approximate surface area is 645 Å². The summed E-state index contributed by atoms with van der Waals surface area (Å²) in [5.74, 6) is -6.44. The van der Waals surface area contributed by atoms with E-state index in [0.29, 0.717) is 51.4 Å². The molecule has 5 saturated heterocycles. The first-order valence-electron chi connectivity index (χ1n) is 39.6. The van der Waals surface area contributed by atoms with E-state index >= 15 is 4.79 Å². The Morgan fingerprint density at radius 1 is 0.559 bits per heavy atom. The van der Waals surface area contributed by atoms with Crippen molar-refractivity contribution >= 4 is 30.2 Å². The average molecular weight is 1590 g/mol. The van der Waals surface area contributed by atoms with Gasteiger partial charge < -0.3 is 148 Å². The lowest BCUT2D eigenvalue weighted by Gasteiger charge is -2.71. The summed E-state index contributed by atoms with van der Waals surface area (Å²) in [6.07, 6.45) is -43.4. The maximum Gasteiger partial charge on any atom is 0.335 e. The lowest BCUT2D eigenvalue weighted by Crippen LogP contribution is -2.69. The monoisotopic (exact) mass is 1590 g/mol. The highest BCUT2D eigenvalue weighted by Crippen LogP contribution is 2.76. The number of aliphatic hydroxyl groups excluding tert-OH is 16. The predicted octanol–water partition coefficient (Wildman–Crippen LogP) is -1.08. The van der Waals surface area contributed by atoms with Crippen LogP contribution in [0.4, 0.5) is 0 Å². The molecule has 34 nitrogen and oxygen atoms in total. The lowest BCUT2D eigenvalue weighted by molar-refractivity contribution is -0.373. The van der Waals surface area contributed by atoms with Gasteiger partial charge >= 0.3 is 23.9 Å². The number of ether oxygens (including phenoxy) is 12. The molecule has 7 unspecified atom stereocenters. The van der Waals surface area contributed by atoms with Crippen molar-refractivity contribution in [3.8, 4) is 0 Å². The van der Waals surface area contributed by atoms with Crippen molar-refractivity contribution in [3.05, 3.63) is 11.6 Å². The van der Waals surface area contributed by atoms with Crippen LogP contribution in [0.5, 0.6) is 0 Å². The van der Waals surface area contributed by atoms with Gasteiger partial charge in [-0.25, -0.2) is 4.79 Å². The molecule has 4 saturated carbocycles. The zero-order chi connectivity index (χ0) is 82.0. The number of fused-ring (bicyclic) bond motifs is 7. The Hall–Kier alpha value is -3.71. The molecule has 10 aliphatic rings. The van der Waals surface area contributed by atoms with Gasteiger partial charge in [-0.05, 0) is 123 Å². The van der Waals surface area contributed by atoms with Gasteiger partial charge in [-0.1, -0.05) is 93.7 Å². The summed E-state index contributed by atoms with van der Waals surface area (Å²) in [6.45, 7) is 20.9. The van der Waals surface area contributed by atoms with Crippen LogP contribution in [0.1, 0.15) is 179 Å². The molecular formula is C77H124O34. The number of rotatable bonds is 28. The van der Waals surface area contributed by atoms with Gasteiger partial charge in [0.2, 0.25) is 6.29 Å². The van der Waals surface area contributed by atoms with Crippen LogP contribution in [0.25, 0.3) is 0 Å². The summed E-state index contributed by atoms with van der Waals surface area (Å²) >= 11 is 0. The smallest absolute Gasteiger partial charge is 0.335 e. The van der Waals surface area contributed by atoms with Crippen LogP contribution < -0.4 is 0 Å². The first-order chi connectivity index (χ1) is 52.0. The topological polar surface area (TPSA) is 540 Å². The molecule has 0 aromatic heterocycles. The minimum absolute atomic E-state index is 0.0431. The molecular weight excluding hydrogens is 1470 g/mol. The number of aliphatic carboxylic acids is 1. The fraction of sp³-hybridized carbons (Fsp3) is 0.909. The first kappa shape index (κ1) is 89.6. The molecule has 0 aromatic carbocycles. The number of allylic oxidation sites excluding steroid dienone is 2. The van der Waals surface area contributed by atoms with Gasteiger partial charge in [0.25, 0.3) is 0 Å². The largest absolute Gasteiger partial charge is 0.479 e. The molecule has 636 valence electrons. The number of hydrogen-bond acceptors (Lipinski definition) is 33. The maximum atomic E-state index is 15.9. The summed E-state index contributed by atoms with van der Waals surface area (Å²) < 4.78 is 72.1. The minimum atomic E-state index is -2.13. The zero-order valence-electron chi connectivity index (χ0n) is 65.4. The average Bonchev–Trinajstić information content (AvgIpc) is 0.826. The van der Waals surface area contributed by atoms with Crippen LogP contribution >= 0.6 is 0 Å². The second kappa shape index (κ2) is 35.1. The second-order valence-corrected chi connectivity index (χ2v) is 35.4. The van der Waals surface area contributed by atoms with Crippen molar-refractivity contribution < 1.29 is 168 Å². The summed E-state index contributed by atoms with van der Waals surface area (Å²) in [5, 5.41) is 186. The van der Waals surface area contributed by atoms with E-state index in [1.54, 1.807) is 13.8 Å². The fourth-order valence-electron chi connectivity index (χ4n) is 20.5. The highest BCUT2D eigenvalue weighted by atomic mass is 16.8. The van der Waals surface area contributed by atoms with E-state index in [1.165, 1.54) is 13.8 Å². The summed E-state index contributed by atoms with van der Waals surface area (Å²) in [6, 6.07) is 0. The first-order valence-corrected chi connectivity index (χ1v) is 39.6. The molecule has 0 bridgehead atoms. The number of hydrogen-bond donors (Lipinski definition) is 17. The molecule has 0 radical (unpaired) electrons. The summed E-state index contributed by atoms with van der Waals surface area (Å²) in [5.41, 5.74) is -4.67. The number of carboxylic acids is 1. The highest BCUT2D eigenvalue weighted by molar-refractivity contribution is 5.80. The van der Waals surface area contributed by atoms with E-state index in [1.807, 2.05) is 20.8 Å². The van der Waals surface area contributed by atoms with E-state index in [4.69, 9.17) is 56.8 Å². The molecule has 9 fully saturated rings. The van der Waals surface area contributed by atoms with Crippen LogP contribution in [0.15, 0.2) is 11.6 Å². The molecule has 40 atom stereocenters. The zero-order valence-corrected chi connectivity index (χ0v) is 65.4. The minimum Gasteiger partial charge on any atom is -0.479 e. The van der Waals surface area contributed by atoms with Gasteiger partial charge in [0.1, 0.15) is 103 Å². The SMILES string of the molecule is CC[C@H](C)C(CC(O)CC(=O)O[C@H]1[C@@H](O)[C@H](O[C@@H]2O[C@@H](C)[C@H](O)[C@@H](O)[C@H]2O)[C@@H](OC(=O)[C@]23CCC(C)(C)C[C@H]2C2=CCC4[C@@]5(C)CC[C@H](OC6O[C@H](C(=O)O)[C@@H](O)[C@H](O)[C@H]6O[C@@H]6O[C@H](CO)[C@H](O)[C@H](O)[C@H]6O)[C@@](C)(C=O)C5CC[C@@]4(C)[C@]2(C)C[C@H]3O)O[C@H]1C)OC(=O)CC(O)CC(O[C@@H]1O[C@@H](CO)[C@H](O)[C@H]1O)[C@@H](C)CC. The van der Waals surface area contributed by atoms with Gasteiger partial charge in [0.05, 0.1) is 74.2 Å². The normalized spacial score (nSPS) is 47.2. The third kappa shape index (κ3) is 17.1. The molecule has 0 spiro atoms. The van der Waals surface area contributed by atoms with E-state index in [9.17, 15) is 106 Å². The van der Waals surface area contributed by atoms with Gasteiger partial charge in [0, 0.05) is 12.8 Å². The maximum absolute atomic E-state index is 15.9. The fourth-order valence-corrected chi connectivity index (χ4v) is 20.5. The number of esters is 3. The van der Waals surface area contributed by atoms with Crippen LogP contribution in [-0.2, 0) is 80.8 Å². The molecule has 34 heteroatoms. The number of carbonyl (C=O) groups excluding carboxylic acids is 4. The van der Waals surface area contributed by atoms with Gasteiger partial charge in [-0.3, -0.25) is 14.4 Å². The Balaban J connectivity index is 0.853. The van der Waals surface area contributed by atoms with Crippen LogP contribution in [-0.4, -0.2) is 314 Å². The van der Waals surface area contributed by atoms with Crippen molar-refractivity contribution in [1.29, 1.82) is 0 Å². The molecule has 5 aliphatic carbocycles. The van der Waals surface area contributed by atoms with Gasteiger partial charge in [-0.2, -0.15) is 0 Å². The van der Waals surface area contributed by atoms with E-state index < -0.39 is 278 Å². The molecule has 10 rings (SSSR count). The molecule has 5 heterocycles. The number of carboxylic acid groups (broad SMARTS) is 1. The molecule has 0 amide bonds. The van der Waals surface area contributed by atoms with E-state index in [2.05, 4.69) is 40.7 Å². The van der Waals surface area contributed by atoms with Crippen molar-refractivity contribution in [1.82, 2.24) is 0 Å². The van der Waals surface area contributed by atoms with Crippen LogP contribution in [0.2, 0.25) is 0 Å². The highest BCUT2D eigenvalue weighted by Gasteiger charge is 2.73. The molecule has 111 heavy (non-hydrogen) atoms. The molecule has 0 aromatic rings. The van der Waals surface area contributed by atoms with Crippen molar-refractivity contribution in [2.24, 2.45) is 62.1 Å². The van der Waals surface area contributed by atoms with E-state index in [0.717, 1.165) is 11.9 Å². The van der Waals surface area contributed by atoms with Crippen molar-refractivity contribution in [3.63, 3.8) is 0 Å². The third-order valence-corrected chi connectivity index (χ3v) is 28.0. The molecule has 5 aliphatic heterocycles. The standard InChI is InChI=1S/C77H124O34/c1-13-32(3)40(102-48(84)25-37(82)24-41(33(4)14-2)103-67-57(93)52(88)43(30-79)104-67)23-36(81)26-49(85)107-61-35(6)101-69(64(60(61)96)110-66-58(94)53(89)50(86)34(5)100-66)111-71(99)77-22-21-72(7,8)27-39(77)38-15-16-45-73(9)19-18-47(74(10,31-80)44(73)17-20-75(45,11)76(38,12)28-46(77)83)106-70-63(56(92)55(91)62(108-70)65(97)98)109-68-59(95)54(90)51(87)42(29-78)105-68/h15,31-37,39-47,50-64,66-70,78-79,81-83,86-96H,13-14,16-30H2,1-12H3,(H,97,98)/t32-,33-,34-,35-,36?,37?,39-,40?,41?,42+,43-,44?,45?,46+,47-,50-,51-,52-,53+,54-,55-,56-,57+,58+,59+,60+,61+,62-,63+,64-,66-,67+,68-,69+,70?,73-,74-,75+,76+,77+/m0/s1. The third-order valence-electron chi connectivity index (χ3n) is 28.0. The molecule has 17 N–H and O–H groups in total. The van der Waals surface area contributed by atoms with Gasteiger partial charge in [0.15, 0.2) is 43.5 Å². The number of carbonyl (C=O) groups is 5. The van der Waals surface area contributed by atoms with E-state index in [-0.39, 0.29) is 49.9 Å². The van der Waals surface area contributed by atoms with Crippen molar-refractivity contribution in [2.75, 3.05) is 13.2 Å². The quantitative estimate of drug-likeness (QED) is 0.0146. The number of aldehydes is 1.